The third-order valence-electron chi connectivity index (χ3n) is 5.41. The second kappa shape index (κ2) is 6.64. The second-order valence-electron chi connectivity index (χ2n) is 6.79. The standard InChI is InChI=1S/C17H27BrN2/c1-2-13-7-8-17(18)14(11-13)12-15-9-10-20(19-15)16-5-3-4-6-16/h9-10,13-14,16-17H,2-8,11-12H2,1H3. The van der Waals surface area contributed by atoms with Crippen molar-refractivity contribution in [2.45, 2.75) is 75.6 Å². The van der Waals surface area contributed by atoms with Gasteiger partial charge in [0.15, 0.2) is 0 Å². The summed E-state index contributed by atoms with van der Waals surface area (Å²) < 4.78 is 2.24. The molecule has 1 aromatic heterocycles. The Hall–Kier alpha value is -0.310. The normalized spacial score (nSPS) is 31.8. The summed E-state index contributed by atoms with van der Waals surface area (Å²) in [6.07, 6.45) is 14.2. The van der Waals surface area contributed by atoms with Crippen molar-refractivity contribution in [2.24, 2.45) is 11.8 Å². The van der Waals surface area contributed by atoms with Crippen LogP contribution in [0.25, 0.3) is 0 Å². The molecule has 0 aromatic carbocycles. The molecule has 2 aliphatic carbocycles. The fraction of sp³-hybridized carbons (Fsp3) is 0.824. The molecule has 3 unspecified atom stereocenters. The minimum atomic E-state index is 0.679. The molecule has 0 amide bonds. The van der Waals surface area contributed by atoms with Crippen molar-refractivity contribution in [1.82, 2.24) is 9.78 Å². The van der Waals surface area contributed by atoms with Crippen LogP contribution in [0.1, 0.15) is 70.0 Å². The molecule has 0 radical (unpaired) electrons. The van der Waals surface area contributed by atoms with E-state index in [1.807, 2.05) is 0 Å². The van der Waals surface area contributed by atoms with Crippen LogP contribution in [-0.4, -0.2) is 14.6 Å². The average molecular weight is 339 g/mol. The van der Waals surface area contributed by atoms with Gasteiger partial charge >= 0.3 is 0 Å². The summed E-state index contributed by atoms with van der Waals surface area (Å²) in [5.41, 5.74) is 1.31. The van der Waals surface area contributed by atoms with Crippen LogP contribution in [0.5, 0.6) is 0 Å². The molecule has 0 spiro atoms. The molecule has 2 fully saturated rings. The molecule has 0 bridgehead atoms. The Kier molecular flexibility index (Phi) is 4.85. The molecule has 1 aromatic rings. The molecular weight excluding hydrogens is 312 g/mol. The number of halogens is 1. The zero-order valence-electron chi connectivity index (χ0n) is 12.6. The van der Waals surface area contributed by atoms with E-state index < -0.39 is 0 Å². The Morgan fingerprint density at radius 2 is 2.05 bits per heavy atom. The molecule has 3 atom stereocenters. The molecule has 3 heteroatoms. The average Bonchev–Trinajstić information content (AvgIpc) is 3.12. The first-order chi connectivity index (χ1) is 9.76. The predicted molar refractivity (Wildman–Crippen MR) is 87.3 cm³/mol. The van der Waals surface area contributed by atoms with Gasteiger partial charge in [0.25, 0.3) is 0 Å². The number of alkyl halides is 1. The SMILES string of the molecule is CCC1CCC(Br)C(Cc2ccn(C3CCCC3)n2)C1. The van der Waals surface area contributed by atoms with E-state index in [0.29, 0.717) is 10.9 Å². The van der Waals surface area contributed by atoms with Crippen molar-refractivity contribution in [3.05, 3.63) is 18.0 Å². The highest BCUT2D eigenvalue weighted by Crippen LogP contribution is 2.37. The quantitative estimate of drug-likeness (QED) is 0.695. The van der Waals surface area contributed by atoms with Crippen LogP contribution < -0.4 is 0 Å². The molecule has 0 aliphatic heterocycles. The van der Waals surface area contributed by atoms with E-state index >= 15 is 0 Å². The third kappa shape index (κ3) is 3.29. The van der Waals surface area contributed by atoms with E-state index in [0.717, 1.165) is 18.3 Å². The van der Waals surface area contributed by atoms with Gasteiger partial charge in [0.05, 0.1) is 11.7 Å². The molecule has 2 saturated carbocycles. The zero-order valence-corrected chi connectivity index (χ0v) is 14.2. The minimum absolute atomic E-state index is 0.679. The van der Waals surface area contributed by atoms with E-state index in [2.05, 4.69) is 39.8 Å². The molecule has 112 valence electrons. The first-order valence-electron chi connectivity index (χ1n) is 8.44. The molecule has 0 N–H and O–H groups in total. The first-order valence-corrected chi connectivity index (χ1v) is 9.36. The van der Waals surface area contributed by atoms with Crippen LogP contribution in [0.4, 0.5) is 0 Å². The zero-order chi connectivity index (χ0) is 13.9. The highest BCUT2D eigenvalue weighted by Gasteiger charge is 2.29. The highest BCUT2D eigenvalue weighted by atomic mass is 79.9. The monoisotopic (exact) mass is 338 g/mol. The van der Waals surface area contributed by atoms with Gasteiger partial charge < -0.3 is 0 Å². The van der Waals surface area contributed by atoms with Crippen LogP contribution in [0.15, 0.2) is 12.3 Å². The maximum Gasteiger partial charge on any atom is 0.0627 e. The summed E-state index contributed by atoms with van der Waals surface area (Å²) in [7, 11) is 0. The van der Waals surface area contributed by atoms with Crippen molar-refractivity contribution in [2.75, 3.05) is 0 Å². The molecule has 3 rings (SSSR count). The van der Waals surface area contributed by atoms with Crippen LogP contribution in [0.2, 0.25) is 0 Å². The van der Waals surface area contributed by atoms with Crippen LogP contribution in [0, 0.1) is 11.8 Å². The number of hydrogen-bond acceptors (Lipinski definition) is 1. The third-order valence-corrected chi connectivity index (χ3v) is 6.61. The summed E-state index contributed by atoms with van der Waals surface area (Å²) in [5, 5.41) is 4.87. The van der Waals surface area contributed by atoms with Gasteiger partial charge in [-0.3, -0.25) is 4.68 Å². The van der Waals surface area contributed by atoms with Gasteiger partial charge in [-0.2, -0.15) is 5.10 Å². The van der Waals surface area contributed by atoms with Gasteiger partial charge in [-0.15, -0.1) is 0 Å². The van der Waals surface area contributed by atoms with Crippen LogP contribution in [-0.2, 0) is 6.42 Å². The fourth-order valence-electron chi connectivity index (χ4n) is 4.03. The van der Waals surface area contributed by atoms with Gasteiger partial charge in [-0.05, 0) is 56.4 Å². The van der Waals surface area contributed by atoms with Crippen molar-refractivity contribution in [3.8, 4) is 0 Å². The van der Waals surface area contributed by atoms with E-state index in [1.165, 1.54) is 57.1 Å². The van der Waals surface area contributed by atoms with Crippen molar-refractivity contribution in [1.29, 1.82) is 0 Å². The van der Waals surface area contributed by atoms with Crippen molar-refractivity contribution < 1.29 is 0 Å². The fourth-order valence-corrected chi connectivity index (χ4v) is 4.70. The molecule has 20 heavy (non-hydrogen) atoms. The molecule has 1 heterocycles. The van der Waals surface area contributed by atoms with Gasteiger partial charge in [-0.25, -0.2) is 0 Å². The maximum atomic E-state index is 4.87. The smallest absolute Gasteiger partial charge is 0.0627 e. The van der Waals surface area contributed by atoms with E-state index in [4.69, 9.17) is 5.10 Å². The Balaban J connectivity index is 1.61. The summed E-state index contributed by atoms with van der Waals surface area (Å²) >= 11 is 3.91. The van der Waals surface area contributed by atoms with Gasteiger partial charge in [-0.1, -0.05) is 42.1 Å². The Bertz CT molecular complexity index is 422. The van der Waals surface area contributed by atoms with Gasteiger partial charge in [0.2, 0.25) is 0 Å². The van der Waals surface area contributed by atoms with Crippen molar-refractivity contribution >= 4 is 15.9 Å². The summed E-state index contributed by atoms with van der Waals surface area (Å²) in [6.45, 7) is 2.34. The van der Waals surface area contributed by atoms with Crippen LogP contribution >= 0.6 is 15.9 Å². The second-order valence-corrected chi connectivity index (χ2v) is 7.97. The number of hydrogen-bond donors (Lipinski definition) is 0. The number of rotatable bonds is 4. The van der Waals surface area contributed by atoms with E-state index in [9.17, 15) is 0 Å². The summed E-state index contributed by atoms with van der Waals surface area (Å²) in [5.74, 6) is 1.71. The Morgan fingerprint density at radius 1 is 1.25 bits per heavy atom. The lowest BCUT2D eigenvalue weighted by molar-refractivity contribution is 0.269. The lowest BCUT2D eigenvalue weighted by Crippen LogP contribution is -2.26. The van der Waals surface area contributed by atoms with E-state index in [1.54, 1.807) is 0 Å². The number of aromatic nitrogens is 2. The van der Waals surface area contributed by atoms with Crippen molar-refractivity contribution in [3.63, 3.8) is 0 Å². The lowest BCUT2D eigenvalue weighted by atomic mass is 9.78. The largest absolute Gasteiger partial charge is 0.269 e. The molecule has 2 nitrogen and oxygen atoms in total. The summed E-state index contributed by atoms with van der Waals surface area (Å²) in [6, 6.07) is 2.94. The maximum absolute atomic E-state index is 4.87. The highest BCUT2D eigenvalue weighted by molar-refractivity contribution is 9.09. The molecule has 2 aliphatic rings. The summed E-state index contributed by atoms with van der Waals surface area (Å²) in [4.78, 5) is 0.696. The topological polar surface area (TPSA) is 17.8 Å². The Labute approximate surface area is 131 Å². The van der Waals surface area contributed by atoms with E-state index in [-0.39, 0.29) is 0 Å². The van der Waals surface area contributed by atoms with Gasteiger partial charge in [0, 0.05) is 11.0 Å². The first kappa shape index (κ1) is 14.6. The minimum Gasteiger partial charge on any atom is -0.269 e. The molecule has 0 saturated heterocycles. The Morgan fingerprint density at radius 3 is 2.80 bits per heavy atom. The van der Waals surface area contributed by atoms with Gasteiger partial charge in [0.1, 0.15) is 0 Å². The van der Waals surface area contributed by atoms with Crippen LogP contribution in [0.3, 0.4) is 0 Å². The molecular formula is C17H27BrN2. The number of nitrogens with zero attached hydrogens (tertiary/aromatic N) is 2. The lowest BCUT2D eigenvalue weighted by Gasteiger charge is -2.32. The predicted octanol–water partition coefficient (Wildman–Crippen LogP) is 5.13.